The van der Waals surface area contributed by atoms with Crippen LogP contribution >= 0.6 is 11.6 Å². The highest BCUT2D eigenvalue weighted by atomic mass is 35.5. The SMILES string of the molecule is CC(C)(C)OC(=O)NCCNC(=O)c1ccc(Cl)cc1. The minimum Gasteiger partial charge on any atom is -0.444 e. The van der Waals surface area contributed by atoms with Crippen LogP contribution in [0.5, 0.6) is 0 Å². The Labute approximate surface area is 123 Å². The van der Waals surface area contributed by atoms with Gasteiger partial charge in [-0.1, -0.05) is 11.6 Å². The molecule has 2 N–H and O–H groups in total. The topological polar surface area (TPSA) is 67.4 Å². The van der Waals surface area contributed by atoms with Crippen molar-refractivity contribution < 1.29 is 14.3 Å². The molecule has 1 aromatic carbocycles. The average molecular weight is 299 g/mol. The molecule has 0 bridgehead atoms. The lowest BCUT2D eigenvalue weighted by Crippen LogP contribution is -2.37. The molecule has 6 heteroatoms. The molecule has 0 unspecified atom stereocenters. The van der Waals surface area contributed by atoms with Gasteiger partial charge in [0.15, 0.2) is 0 Å². The fourth-order valence-electron chi connectivity index (χ4n) is 1.36. The first-order chi connectivity index (χ1) is 9.28. The maximum atomic E-state index is 11.7. The van der Waals surface area contributed by atoms with Gasteiger partial charge in [0.05, 0.1) is 0 Å². The molecule has 1 aromatic rings. The van der Waals surface area contributed by atoms with Crippen molar-refractivity contribution in [2.45, 2.75) is 26.4 Å². The number of benzene rings is 1. The number of hydrogen-bond acceptors (Lipinski definition) is 3. The summed E-state index contributed by atoms with van der Waals surface area (Å²) < 4.78 is 5.07. The number of halogens is 1. The number of rotatable bonds is 4. The van der Waals surface area contributed by atoms with Gasteiger partial charge in [0.25, 0.3) is 5.91 Å². The van der Waals surface area contributed by atoms with Gasteiger partial charge in [0, 0.05) is 23.7 Å². The zero-order valence-electron chi connectivity index (χ0n) is 11.8. The maximum absolute atomic E-state index is 11.7. The van der Waals surface area contributed by atoms with Crippen LogP contribution in [0.2, 0.25) is 5.02 Å². The lowest BCUT2D eigenvalue weighted by atomic mass is 10.2. The van der Waals surface area contributed by atoms with Crippen LogP contribution in [0, 0.1) is 0 Å². The van der Waals surface area contributed by atoms with Gasteiger partial charge in [-0.05, 0) is 45.0 Å². The molecule has 0 aliphatic carbocycles. The molecule has 0 saturated carbocycles. The zero-order chi connectivity index (χ0) is 15.2. The average Bonchev–Trinajstić information content (AvgIpc) is 2.33. The van der Waals surface area contributed by atoms with Gasteiger partial charge in [-0.2, -0.15) is 0 Å². The van der Waals surface area contributed by atoms with Crippen LogP contribution in [0.15, 0.2) is 24.3 Å². The first-order valence-electron chi connectivity index (χ1n) is 6.28. The number of ether oxygens (including phenoxy) is 1. The van der Waals surface area contributed by atoms with Crippen molar-refractivity contribution >= 4 is 23.6 Å². The van der Waals surface area contributed by atoms with Gasteiger partial charge in [-0.25, -0.2) is 4.79 Å². The molecule has 2 amide bonds. The number of nitrogens with one attached hydrogen (secondary N) is 2. The Kier molecular flexibility index (Phi) is 5.82. The zero-order valence-corrected chi connectivity index (χ0v) is 12.6. The second kappa shape index (κ2) is 7.14. The molecule has 0 heterocycles. The number of carbonyl (C=O) groups is 2. The Morgan fingerprint density at radius 1 is 1.10 bits per heavy atom. The van der Waals surface area contributed by atoms with Gasteiger partial charge in [-0.3, -0.25) is 4.79 Å². The third-order valence-corrected chi connectivity index (χ3v) is 2.44. The Morgan fingerprint density at radius 3 is 2.20 bits per heavy atom. The van der Waals surface area contributed by atoms with Gasteiger partial charge in [0.2, 0.25) is 0 Å². The van der Waals surface area contributed by atoms with Crippen molar-refractivity contribution in [3.05, 3.63) is 34.9 Å². The van der Waals surface area contributed by atoms with Crippen molar-refractivity contribution in [3.8, 4) is 0 Å². The van der Waals surface area contributed by atoms with Crippen molar-refractivity contribution in [1.82, 2.24) is 10.6 Å². The van der Waals surface area contributed by atoms with Gasteiger partial charge in [-0.15, -0.1) is 0 Å². The first kappa shape index (κ1) is 16.3. The summed E-state index contributed by atoms with van der Waals surface area (Å²) in [5, 5.41) is 5.82. The Hall–Kier alpha value is -1.75. The maximum Gasteiger partial charge on any atom is 0.407 e. The third-order valence-electron chi connectivity index (χ3n) is 2.19. The lowest BCUT2D eigenvalue weighted by Gasteiger charge is -2.19. The molecule has 110 valence electrons. The molecule has 0 saturated heterocycles. The first-order valence-corrected chi connectivity index (χ1v) is 6.66. The molecule has 0 aliphatic rings. The van der Waals surface area contributed by atoms with Crippen LogP contribution < -0.4 is 10.6 Å². The van der Waals surface area contributed by atoms with E-state index in [1.54, 1.807) is 45.0 Å². The molecule has 0 radical (unpaired) electrons. The number of amides is 2. The van der Waals surface area contributed by atoms with E-state index in [1.807, 2.05) is 0 Å². The van der Waals surface area contributed by atoms with Crippen LogP contribution in [0.4, 0.5) is 4.79 Å². The summed E-state index contributed by atoms with van der Waals surface area (Å²) in [5.74, 6) is -0.215. The number of alkyl carbamates (subject to hydrolysis) is 1. The Balaban J connectivity index is 2.26. The van der Waals surface area contributed by atoms with Crippen molar-refractivity contribution in [2.75, 3.05) is 13.1 Å². The summed E-state index contributed by atoms with van der Waals surface area (Å²) in [6.07, 6.45) is -0.502. The summed E-state index contributed by atoms with van der Waals surface area (Å²) in [6.45, 7) is 5.98. The van der Waals surface area contributed by atoms with E-state index in [9.17, 15) is 9.59 Å². The van der Waals surface area contributed by atoms with Crippen molar-refractivity contribution in [2.24, 2.45) is 0 Å². The largest absolute Gasteiger partial charge is 0.444 e. The van der Waals surface area contributed by atoms with Crippen LogP contribution in [0.1, 0.15) is 31.1 Å². The summed E-state index contributed by atoms with van der Waals surface area (Å²) in [5.41, 5.74) is -0.0110. The predicted molar refractivity (Wildman–Crippen MR) is 78.0 cm³/mol. The fraction of sp³-hybridized carbons (Fsp3) is 0.429. The molecule has 0 aliphatic heterocycles. The molecular weight excluding hydrogens is 280 g/mol. The highest BCUT2D eigenvalue weighted by molar-refractivity contribution is 6.30. The molecule has 0 aromatic heterocycles. The highest BCUT2D eigenvalue weighted by Crippen LogP contribution is 2.09. The minimum absolute atomic E-state index is 0.215. The van der Waals surface area contributed by atoms with Gasteiger partial charge >= 0.3 is 6.09 Å². The molecule has 5 nitrogen and oxygen atoms in total. The van der Waals surface area contributed by atoms with Crippen LogP contribution in [-0.2, 0) is 4.74 Å². The van der Waals surface area contributed by atoms with Crippen LogP contribution in [0.3, 0.4) is 0 Å². The normalized spacial score (nSPS) is 10.8. The van der Waals surface area contributed by atoms with Gasteiger partial charge < -0.3 is 15.4 Å². The summed E-state index contributed by atoms with van der Waals surface area (Å²) in [6, 6.07) is 6.57. The lowest BCUT2D eigenvalue weighted by molar-refractivity contribution is 0.0526. The minimum atomic E-state index is -0.531. The quantitative estimate of drug-likeness (QED) is 0.840. The van der Waals surface area contributed by atoms with E-state index in [-0.39, 0.29) is 5.91 Å². The number of carbonyl (C=O) groups excluding carboxylic acids is 2. The van der Waals surface area contributed by atoms with Crippen LogP contribution in [-0.4, -0.2) is 30.7 Å². The smallest absolute Gasteiger partial charge is 0.407 e. The highest BCUT2D eigenvalue weighted by Gasteiger charge is 2.15. The Bertz CT molecular complexity index is 466. The predicted octanol–water partition coefficient (Wildman–Crippen LogP) is 2.59. The van der Waals surface area contributed by atoms with Crippen molar-refractivity contribution in [1.29, 1.82) is 0 Å². The monoisotopic (exact) mass is 298 g/mol. The standard InChI is InChI=1S/C14H19ClN2O3/c1-14(2,3)20-13(19)17-9-8-16-12(18)10-4-6-11(15)7-5-10/h4-7H,8-9H2,1-3H3,(H,16,18)(H,17,19). The van der Waals surface area contributed by atoms with E-state index in [4.69, 9.17) is 16.3 Å². The molecule has 0 fully saturated rings. The Morgan fingerprint density at radius 2 is 1.65 bits per heavy atom. The molecule has 0 spiro atoms. The number of hydrogen-bond donors (Lipinski definition) is 2. The fourth-order valence-corrected chi connectivity index (χ4v) is 1.48. The van der Waals surface area contributed by atoms with E-state index in [0.717, 1.165) is 0 Å². The molecule has 20 heavy (non-hydrogen) atoms. The molecule has 1 rings (SSSR count). The van der Waals surface area contributed by atoms with E-state index in [2.05, 4.69) is 10.6 Å². The molecular formula is C14H19ClN2O3. The summed E-state index contributed by atoms with van der Waals surface area (Å²) in [4.78, 5) is 23.1. The van der Waals surface area contributed by atoms with E-state index < -0.39 is 11.7 Å². The summed E-state index contributed by atoms with van der Waals surface area (Å²) in [7, 11) is 0. The van der Waals surface area contributed by atoms with E-state index >= 15 is 0 Å². The molecule has 0 atom stereocenters. The van der Waals surface area contributed by atoms with E-state index in [0.29, 0.717) is 23.7 Å². The second-order valence-corrected chi connectivity index (χ2v) is 5.63. The van der Waals surface area contributed by atoms with Crippen LogP contribution in [0.25, 0.3) is 0 Å². The second-order valence-electron chi connectivity index (χ2n) is 5.19. The van der Waals surface area contributed by atoms with E-state index in [1.165, 1.54) is 0 Å². The van der Waals surface area contributed by atoms with Crippen molar-refractivity contribution in [3.63, 3.8) is 0 Å². The third kappa shape index (κ3) is 6.43. The summed E-state index contributed by atoms with van der Waals surface area (Å²) >= 11 is 5.74. The van der Waals surface area contributed by atoms with Gasteiger partial charge in [0.1, 0.15) is 5.60 Å².